The number of nitrogens with zero attached hydrogens (tertiary/aromatic N) is 1. The fourth-order valence-electron chi connectivity index (χ4n) is 1.51. The number of fused-ring (bicyclic) bond motifs is 1. The van der Waals surface area contributed by atoms with Gasteiger partial charge in [0.25, 0.3) is 0 Å². The van der Waals surface area contributed by atoms with Gasteiger partial charge in [-0.1, -0.05) is 25.1 Å². The largest absolute Gasteiger partial charge is 0.384 e. The highest BCUT2D eigenvalue weighted by atomic mass is 14.9. The van der Waals surface area contributed by atoms with Gasteiger partial charge in [0.2, 0.25) is 0 Å². The predicted molar refractivity (Wildman–Crippen MR) is 60.5 cm³/mol. The molecule has 0 saturated heterocycles. The van der Waals surface area contributed by atoms with Crippen molar-refractivity contribution in [2.75, 3.05) is 11.9 Å². The van der Waals surface area contributed by atoms with E-state index in [1.807, 2.05) is 30.5 Å². The summed E-state index contributed by atoms with van der Waals surface area (Å²) in [7, 11) is 0. The van der Waals surface area contributed by atoms with Crippen molar-refractivity contribution in [3.8, 4) is 0 Å². The van der Waals surface area contributed by atoms with Gasteiger partial charge in [0.05, 0.1) is 5.52 Å². The van der Waals surface area contributed by atoms with Crippen LogP contribution >= 0.6 is 0 Å². The SMILES string of the molecule is CCCNc1ccnc2ccccc12. The van der Waals surface area contributed by atoms with Crippen molar-refractivity contribution in [1.82, 2.24) is 4.98 Å². The van der Waals surface area contributed by atoms with Crippen molar-refractivity contribution < 1.29 is 0 Å². The number of benzene rings is 1. The normalized spacial score (nSPS) is 10.4. The van der Waals surface area contributed by atoms with E-state index in [4.69, 9.17) is 0 Å². The molecule has 0 atom stereocenters. The number of pyridine rings is 1. The highest BCUT2D eigenvalue weighted by Crippen LogP contribution is 2.20. The third kappa shape index (κ3) is 1.69. The Morgan fingerprint density at radius 3 is 2.93 bits per heavy atom. The minimum Gasteiger partial charge on any atom is -0.384 e. The minimum absolute atomic E-state index is 1.01. The van der Waals surface area contributed by atoms with E-state index in [0.717, 1.165) is 18.5 Å². The highest BCUT2D eigenvalue weighted by molar-refractivity contribution is 5.90. The Morgan fingerprint density at radius 1 is 1.21 bits per heavy atom. The molecule has 0 fully saturated rings. The van der Waals surface area contributed by atoms with Gasteiger partial charge < -0.3 is 5.32 Å². The van der Waals surface area contributed by atoms with Gasteiger partial charge in [-0.3, -0.25) is 4.98 Å². The van der Waals surface area contributed by atoms with Crippen molar-refractivity contribution in [2.24, 2.45) is 0 Å². The molecule has 2 aromatic rings. The van der Waals surface area contributed by atoms with E-state index < -0.39 is 0 Å². The Balaban J connectivity index is 2.43. The number of nitrogens with one attached hydrogen (secondary N) is 1. The molecule has 14 heavy (non-hydrogen) atoms. The number of rotatable bonds is 3. The molecule has 0 aliphatic rings. The minimum atomic E-state index is 1.01. The molecule has 0 aliphatic heterocycles. The molecule has 2 nitrogen and oxygen atoms in total. The zero-order chi connectivity index (χ0) is 9.80. The number of hydrogen-bond acceptors (Lipinski definition) is 2. The molecule has 2 heteroatoms. The Bertz CT molecular complexity index is 418. The number of para-hydroxylation sites is 1. The summed E-state index contributed by atoms with van der Waals surface area (Å²) < 4.78 is 0. The van der Waals surface area contributed by atoms with E-state index in [1.54, 1.807) is 0 Å². The van der Waals surface area contributed by atoms with E-state index in [-0.39, 0.29) is 0 Å². The number of aromatic nitrogens is 1. The lowest BCUT2D eigenvalue weighted by Crippen LogP contribution is -2.00. The first-order valence-corrected chi connectivity index (χ1v) is 4.99. The monoisotopic (exact) mass is 186 g/mol. The summed E-state index contributed by atoms with van der Waals surface area (Å²) in [6.45, 7) is 3.17. The fourth-order valence-corrected chi connectivity index (χ4v) is 1.51. The van der Waals surface area contributed by atoms with Crippen LogP contribution < -0.4 is 5.32 Å². The molecule has 0 aliphatic carbocycles. The maximum absolute atomic E-state index is 4.31. The lowest BCUT2D eigenvalue weighted by atomic mass is 10.2. The summed E-state index contributed by atoms with van der Waals surface area (Å²) in [5, 5.41) is 4.59. The van der Waals surface area contributed by atoms with E-state index in [1.165, 1.54) is 11.1 Å². The molecule has 0 radical (unpaired) electrons. The lowest BCUT2D eigenvalue weighted by Gasteiger charge is -2.07. The van der Waals surface area contributed by atoms with Gasteiger partial charge in [-0.15, -0.1) is 0 Å². The second kappa shape index (κ2) is 4.09. The van der Waals surface area contributed by atoms with Crippen molar-refractivity contribution in [1.29, 1.82) is 0 Å². The molecule has 1 N–H and O–H groups in total. The fraction of sp³-hybridized carbons (Fsp3) is 0.250. The van der Waals surface area contributed by atoms with Crippen molar-refractivity contribution >= 4 is 16.6 Å². The lowest BCUT2D eigenvalue weighted by molar-refractivity contribution is 0.981. The van der Waals surface area contributed by atoms with Crippen LogP contribution in [0.4, 0.5) is 5.69 Å². The van der Waals surface area contributed by atoms with Crippen molar-refractivity contribution in [3.63, 3.8) is 0 Å². The molecule has 1 aromatic carbocycles. The Labute approximate surface area is 84.0 Å². The second-order valence-corrected chi connectivity index (χ2v) is 3.30. The molecule has 1 aromatic heterocycles. The van der Waals surface area contributed by atoms with Crippen LogP contribution in [-0.4, -0.2) is 11.5 Å². The molecule has 0 spiro atoms. The number of anilines is 1. The summed E-state index contributed by atoms with van der Waals surface area (Å²) in [6.07, 6.45) is 2.98. The maximum Gasteiger partial charge on any atom is 0.0722 e. The topological polar surface area (TPSA) is 24.9 Å². The van der Waals surface area contributed by atoms with Crippen LogP contribution in [0.3, 0.4) is 0 Å². The van der Waals surface area contributed by atoms with Gasteiger partial charge >= 0.3 is 0 Å². The standard InChI is InChI=1S/C12H14N2/c1-2-8-13-12-7-9-14-11-6-4-3-5-10(11)12/h3-7,9H,2,8H2,1H3,(H,13,14). The van der Waals surface area contributed by atoms with Gasteiger partial charge in [0.1, 0.15) is 0 Å². The highest BCUT2D eigenvalue weighted by Gasteiger charge is 1.98. The predicted octanol–water partition coefficient (Wildman–Crippen LogP) is 3.06. The molecule has 1 heterocycles. The van der Waals surface area contributed by atoms with Crippen LogP contribution in [0.2, 0.25) is 0 Å². The summed E-state index contributed by atoms with van der Waals surface area (Å²) in [5.74, 6) is 0. The quantitative estimate of drug-likeness (QED) is 0.796. The second-order valence-electron chi connectivity index (χ2n) is 3.30. The molecular weight excluding hydrogens is 172 g/mol. The molecule has 0 saturated carbocycles. The molecule has 2 rings (SSSR count). The first-order valence-electron chi connectivity index (χ1n) is 4.99. The first kappa shape index (κ1) is 9.00. The van der Waals surface area contributed by atoms with Gasteiger partial charge in [-0.05, 0) is 18.6 Å². The molecule has 72 valence electrons. The summed E-state index contributed by atoms with van der Waals surface area (Å²) in [4.78, 5) is 4.31. The smallest absolute Gasteiger partial charge is 0.0722 e. The van der Waals surface area contributed by atoms with Crippen LogP contribution in [-0.2, 0) is 0 Å². The van der Waals surface area contributed by atoms with Crippen LogP contribution in [0.15, 0.2) is 36.5 Å². The van der Waals surface area contributed by atoms with Gasteiger partial charge in [-0.2, -0.15) is 0 Å². The maximum atomic E-state index is 4.31. The molecule has 0 bridgehead atoms. The zero-order valence-electron chi connectivity index (χ0n) is 8.33. The Hall–Kier alpha value is -1.57. The van der Waals surface area contributed by atoms with E-state index >= 15 is 0 Å². The number of hydrogen-bond donors (Lipinski definition) is 1. The summed E-state index contributed by atoms with van der Waals surface area (Å²) >= 11 is 0. The van der Waals surface area contributed by atoms with E-state index in [2.05, 4.69) is 23.3 Å². The molecular formula is C12H14N2. The first-order chi connectivity index (χ1) is 6.92. The summed E-state index contributed by atoms with van der Waals surface area (Å²) in [5.41, 5.74) is 2.23. The van der Waals surface area contributed by atoms with Crippen molar-refractivity contribution in [3.05, 3.63) is 36.5 Å². The van der Waals surface area contributed by atoms with Crippen LogP contribution in [0.1, 0.15) is 13.3 Å². The molecule has 0 amide bonds. The van der Waals surface area contributed by atoms with Crippen molar-refractivity contribution in [2.45, 2.75) is 13.3 Å². The third-order valence-corrected chi connectivity index (χ3v) is 2.21. The van der Waals surface area contributed by atoms with Gasteiger partial charge in [0.15, 0.2) is 0 Å². The zero-order valence-corrected chi connectivity index (χ0v) is 8.33. The van der Waals surface area contributed by atoms with Gasteiger partial charge in [-0.25, -0.2) is 0 Å². The molecule has 0 unspecified atom stereocenters. The van der Waals surface area contributed by atoms with E-state index in [9.17, 15) is 0 Å². The Morgan fingerprint density at radius 2 is 2.07 bits per heavy atom. The van der Waals surface area contributed by atoms with Crippen LogP contribution in [0.5, 0.6) is 0 Å². The van der Waals surface area contributed by atoms with Crippen LogP contribution in [0.25, 0.3) is 10.9 Å². The van der Waals surface area contributed by atoms with Gasteiger partial charge in [0, 0.05) is 23.8 Å². The van der Waals surface area contributed by atoms with Crippen LogP contribution in [0, 0.1) is 0 Å². The van der Waals surface area contributed by atoms with E-state index in [0.29, 0.717) is 0 Å². The average molecular weight is 186 g/mol. The Kier molecular flexibility index (Phi) is 2.63. The summed E-state index contributed by atoms with van der Waals surface area (Å²) in [6, 6.07) is 10.2. The average Bonchev–Trinajstić information content (AvgIpc) is 2.26. The third-order valence-electron chi connectivity index (χ3n) is 2.21.